The topological polar surface area (TPSA) is 71.2 Å². The van der Waals surface area contributed by atoms with Crippen LogP contribution in [0.25, 0.3) is 11.3 Å². The number of halogens is 1. The second-order valence-corrected chi connectivity index (χ2v) is 5.98. The van der Waals surface area contributed by atoms with Crippen LogP contribution in [0.3, 0.4) is 0 Å². The summed E-state index contributed by atoms with van der Waals surface area (Å²) >= 11 is 0. The minimum atomic E-state index is -0.303. The van der Waals surface area contributed by atoms with Crippen molar-refractivity contribution in [3.05, 3.63) is 42.2 Å². The van der Waals surface area contributed by atoms with E-state index in [1.54, 1.807) is 24.3 Å². The third-order valence-electron chi connectivity index (χ3n) is 3.94. The molecule has 120 valence electrons. The van der Waals surface area contributed by atoms with Gasteiger partial charge in [0, 0.05) is 25.1 Å². The summed E-state index contributed by atoms with van der Waals surface area (Å²) in [7, 11) is 2.03. The zero-order chi connectivity index (χ0) is 16.4. The van der Waals surface area contributed by atoms with Gasteiger partial charge in [-0.3, -0.25) is 4.79 Å². The number of likely N-dealkylation sites (tertiary alicyclic amines) is 1. The van der Waals surface area contributed by atoms with Crippen molar-refractivity contribution in [2.75, 3.05) is 31.2 Å². The van der Waals surface area contributed by atoms with Crippen molar-refractivity contribution >= 4 is 17.4 Å². The normalized spacial score (nSPS) is 15.2. The largest absolute Gasteiger partial charge is 0.396 e. The van der Waals surface area contributed by atoms with Crippen LogP contribution in [0.1, 0.15) is 6.42 Å². The van der Waals surface area contributed by atoms with Gasteiger partial charge < -0.3 is 16.0 Å². The van der Waals surface area contributed by atoms with E-state index >= 15 is 0 Å². The highest BCUT2D eigenvalue weighted by molar-refractivity contribution is 5.93. The summed E-state index contributed by atoms with van der Waals surface area (Å²) in [6, 6.07) is 9.47. The highest BCUT2D eigenvalue weighted by Crippen LogP contribution is 2.24. The van der Waals surface area contributed by atoms with E-state index in [1.807, 2.05) is 7.05 Å². The van der Waals surface area contributed by atoms with E-state index in [0.29, 0.717) is 29.5 Å². The minimum absolute atomic E-state index is 0.0847. The van der Waals surface area contributed by atoms with E-state index in [2.05, 4.69) is 15.2 Å². The van der Waals surface area contributed by atoms with Gasteiger partial charge in [-0.25, -0.2) is 9.37 Å². The molecule has 0 spiro atoms. The molecule has 1 aliphatic rings. The number of nitrogens with two attached hydrogens (primary N) is 1. The number of benzene rings is 1. The molecule has 1 aromatic carbocycles. The molecule has 6 heteroatoms. The van der Waals surface area contributed by atoms with Gasteiger partial charge in [0.25, 0.3) is 0 Å². The van der Waals surface area contributed by atoms with Crippen molar-refractivity contribution < 1.29 is 9.18 Å². The number of carbonyl (C=O) groups excluding carboxylic acids is 1. The quantitative estimate of drug-likeness (QED) is 0.909. The summed E-state index contributed by atoms with van der Waals surface area (Å²) in [6.45, 7) is 1.87. The van der Waals surface area contributed by atoms with Crippen LogP contribution in [0.4, 0.5) is 15.9 Å². The van der Waals surface area contributed by atoms with Crippen LogP contribution in [-0.2, 0) is 4.79 Å². The fourth-order valence-corrected chi connectivity index (χ4v) is 2.75. The van der Waals surface area contributed by atoms with E-state index in [1.165, 1.54) is 12.1 Å². The molecule has 1 amide bonds. The van der Waals surface area contributed by atoms with E-state index in [-0.39, 0.29) is 11.7 Å². The number of nitrogens with zero attached hydrogens (tertiary/aromatic N) is 2. The zero-order valence-electron chi connectivity index (χ0n) is 12.9. The molecule has 2 heterocycles. The van der Waals surface area contributed by atoms with Gasteiger partial charge in [-0.1, -0.05) is 0 Å². The first-order valence-electron chi connectivity index (χ1n) is 7.52. The van der Waals surface area contributed by atoms with Crippen molar-refractivity contribution in [2.45, 2.75) is 6.42 Å². The standard InChI is InChI=1S/C17H19FN4O/c1-22-9-11(10-22)8-16(23)21-17-14(19)6-7-15(20-17)12-2-4-13(18)5-3-12/h2-7,11H,8-10,19H2,1H3,(H,20,21,23). The highest BCUT2D eigenvalue weighted by Gasteiger charge is 2.25. The smallest absolute Gasteiger partial charge is 0.225 e. The van der Waals surface area contributed by atoms with Crippen LogP contribution >= 0.6 is 0 Å². The van der Waals surface area contributed by atoms with Crippen LogP contribution in [0.5, 0.6) is 0 Å². The molecule has 0 radical (unpaired) electrons. The Morgan fingerprint density at radius 3 is 2.65 bits per heavy atom. The first-order valence-corrected chi connectivity index (χ1v) is 7.52. The lowest BCUT2D eigenvalue weighted by molar-refractivity contribution is -0.118. The summed E-state index contributed by atoms with van der Waals surface area (Å²) in [6.07, 6.45) is 0.465. The third kappa shape index (κ3) is 3.65. The van der Waals surface area contributed by atoms with Crippen molar-refractivity contribution in [3.63, 3.8) is 0 Å². The first-order chi connectivity index (χ1) is 11.0. The van der Waals surface area contributed by atoms with Crippen molar-refractivity contribution in [2.24, 2.45) is 5.92 Å². The van der Waals surface area contributed by atoms with Gasteiger partial charge in [0.05, 0.1) is 11.4 Å². The minimum Gasteiger partial charge on any atom is -0.396 e. The van der Waals surface area contributed by atoms with Gasteiger partial charge >= 0.3 is 0 Å². The molecule has 1 aromatic heterocycles. The highest BCUT2D eigenvalue weighted by atomic mass is 19.1. The molecule has 3 N–H and O–H groups in total. The Bertz CT molecular complexity index is 711. The van der Waals surface area contributed by atoms with Crippen molar-refractivity contribution in [1.29, 1.82) is 0 Å². The lowest BCUT2D eigenvalue weighted by Crippen LogP contribution is -2.45. The number of carbonyl (C=O) groups is 1. The molecule has 0 bridgehead atoms. The van der Waals surface area contributed by atoms with Gasteiger partial charge in [-0.2, -0.15) is 0 Å². The Morgan fingerprint density at radius 1 is 1.30 bits per heavy atom. The molecule has 0 saturated carbocycles. The maximum Gasteiger partial charge on any atom is 0.225 e. The molecule has 0 unspecified atom stereocenters. The second-order valence-electron chi connectivity index (χ2n) is 5.98. The van der Waals surface area contributed by atoms with E-state index in [0.717, 1.165) is 18.7 Å². The van der Waals surface area contributed by atoms with Gasteiger partial charge in [-0.15, -0.1) is 0 Å². The van der Waals surface area contributed by atoms with Crippen LogP contribution in [-0.4, -0.2) is 35.9 Å². The molecule has 5 nitrogen and oxygen atoms in total. The Kier molecular flexibility index (Phi) is 4.25. The molecule has 0 atom stereocenters. The van der Waals surface area contributed by atoms with Gasteiger partial charge in [0.15, 0.2) is 5.82 Å². The number of hydrogen-bond acceptors (Lipinski definition) is 4. The molecule has 23 heavy (non-hydrogen) atoms. The first kappa shape index (κ1) is 15.4. The van der Waals surface area contributed by atoms with Crippen LogP contribution < -0.4 is 11.1 Å². The van der Waals surface area contributed by atoms with Crippen LogP contribution in [0, 0.1) is 11.7 Å². The summed E-state index contributed by atoms with van der Waals surface area (Å²) in [5, 5.41) is 2.78. The third-order valence-corrected chi connectivity index (χ3v) is 3.94. The molecule has 2 aromatic rings. The van der Waals surface area contributed by atoms with Crippen LogP contribution in [0.15, 0.2) is 36.4 Å². The van der Waals surface area contributed by atoms with Crippen LogP contribution in [0.2, 0.25) is 0 Å². The molecule has 0 aliphatic carbocycles. The number of aromatic nitrogens is 1. The fraction of sp³-hybridized carbons (Fsp3) is 0.294. The van der Waals surface area contributed by atoms with Gasteiger partial charge in [-0.05, 0) is 49.4 Å². The van der Waals surface area contributed by atoms with Gasteiger partial charge in [0.1, 0.15) is 5.82 Å². The summed E-state index contributed by atoms with van der Waals surface area (Å²) in [5.74, 6) is 0.354. The molecule has 1 fully saturated rings. The number of hydrogen-bond donors (Lipinski definition) is 2. The lowest BCUT2D eigenvalue weighted by Gasteiger charge is -2.35. The fourth-order valence-electron chi connectivity index (χ4n) is 2.75. The summed E-state index contributed by atoms with van der Waals surface area (Å²) in [4.78, 5) is 18.6. The molecule has 3 rings (SSSR count). The maximum atomic E-state index is 13.0. The number of pyridine rings is 1. The predicted octanol–water partition coefficient (Wildman–Crippen LogP) is 2.36. The average Bonchev–Trinajstić information content (AvgIpc) is 2.49. The van der Waals surface area contributed by atoms with Crippen molar-refractivity contribution in [3.8, 4) is 11.3 Å². The SMILES string of the molecule is CN1CC(CC(=O)Nc2nc(-c3ccc(F)cc3)ccc2N)C1. The summed E-state index contributed by atoms with van der Waals surface area (Å²) < 4.78 is 13.0. The second kappa shape index (κ2) is 6.34. The molecular formula is C17H19FN4O. The van der Waals surface area contributed by atoms with E-state index in [4.69, 9.17) is 5.73 Å². The molecule has 1 saturated heterocycles. The average molecular weight is 314 g/mol. The van der Waals surface area contributed by atoms with Gasteiger partial charge in [0.2, 0.25) is 5.91 Å². The number of nitrogen functional groups attached to an aromatic ring is 1. The molecular weight excluding hydrogens is 295 g/mol. The lowest BCUT2D eigenvalue weighted by atomic mass is 9.97. The number of anilines is 2. The Balaban J connectivity index is 1.72. The zero-order valence-corrected chi connectivity index (χ0v) is 12.9. The van der Waals surface area contributed by atoms with E-state index < -0.39 is 0 Å². The summed E-state index contributed by atoms with van der Waals surface area (Å²) in [5.41, 5.74) is 7.71. The Hall–Kier alpha value is -2.47. The molecule has 1 aliphatic heterocycles. The Labute approximate surface area is 134 Å². The Morgan fingerprint density at radius 2 is 2.00 bits per heavy atom. The number of nitrogens with one attached hydrogen (secondary N) is 1. The van der Waals surface area contributed by atoms with E-state index in [9.17, 15) is 9.18 Å². The predicted molar refractivity (Wildman–Crippen MR) is 88.3 cm³/mol. The maximum absolute atomic E-state index is 13.0. The number of amides is 1. The van der Waals surface area contributed by atoms with Crippen molar-refractivity contribution in [1.82, 2.24) is 9.88 Å². The monoisotopic (exact) mass is 314 g/mol. The number of rotatable bonds is 4.